The van der Waals surface area contributed by atoms with Gasteiger partial charge in [0.1, 0.15) is 11.4 Å². The summed E-state index contributed by atoms with van der Waals surface area (Å²) in [7, 11) is 2.95. The van der Waals surface area contributed by atoms with Crippen LogP contribution in [0.5, 0.6) is 11.5 Å². The summed E-state index contributed by atoms with van der Waals surface area (Å²) in [5, 5.41) is 9.86. The zero-order valence-corrected chi connectivity index (χ0v) is 19.3. The molecule has 0 fully saturated rings. The van der Waals surface area contributed by atoms with Crippen LogP contribution in [0.15, 0.2) is 42.6 Å². The monoisotopic (exact) mass is 486 g/mol. The summed E-state index contributed by atoms with van der Waals surface area (Å²) in [6.07, 6.45) is -0.625. The number of fused-ring (bicyclic) bond motifs is 2. The highest BCUT2D eigenvalue weighted by molar-refractivity contribution is 6.07. The third kappa shape index (κ3) is 4.28. The Bertz CT molecular complexity index is 1270. The molecule has 5 rings (SSSR count). The molecular formula is C25H25F3N4O3. The number of carbonyl (C=O) groups is 1. The van der Waals surface area contributed by atoms with Gasteiger partial charge in [0, 0.05) is 12.1 Å². The van der Waals surface area contributed by atoms with Crippen molar-refractivity contribution in [3.63, 3.8) is 0 Å². The minimum atomic E-state index is -4.55. The second-order valence-corrected chi connectivity index (χ2v) is 8.75. The van der Waals surface area contributed by atoms with Crippen LogP contribution in [0.4, 0.5) is 24.7 Å². The van der Waals surface area contributed by atoms with E-state index in [1.807, 2.05) is 18.2 Å². The van der Waals surface area contributed by atoms with Gasteiger partial charge in [0.15, 0.2) is 17.5 Å². The Kier molecular flexibility index (Phi) is 5.82. The highest BCUT2D eigenvalue weighted by Gasteiger charge is 2.47. The highest BCUT2D eigenvalue weighted by Crippen LogP contribution is 2.45. The van der Waals surface area contributed by atoms with Crippen molar-refractivity contribution in [2.45, 2.75) is 43.9 Å². The van der Waals surface area contributed by atoms with Gasteiger partial charge in [-0.3, -0.25) is 4.79 Å². The number of halogens is 3. The number of aromatic nitrogens is 2. The summed E-state index contributed by atoms with van der Waals surface area (Å²) in [6, 6.07) is 8.08. The van der Waals surface area contributed by atoms with E-state index in [-0.39, 0.29) is 17.8 Å². The first-order valence-corrected chi connectivity index (χ1v) is 11.3. The molecule has 7 nitrogen and oxygen atoms in total. The first kappa shape index (κ1) is 23.1. The molecule has 2 N–H and O–H groups in total. The summed E-state index contributed by atoms with van der Waals surface area (Å²) in [5.74, 6) is 0.380. The summed E-state index contributed by atoms with van der Waals surface area (Å²) in [4.78, 5) is 13.1. The first-order valence-electron chi connectivity index (χ1n) is 11.3. The van der Waals surface area contributed by atoms with Crippen LogP contribution in [0.1, 0.15) is 52.0 Å². The molecule has 0 bridgehead atoms. The number of hydrogen-bond acceptors (Lipinski definition) is 5. The lowest BCUT2D eigenvalue weighted by molar-refractivity contribution is -0.173. The van der Waals surface area contributed by atoms with Crippen LogP contribution in [0.2, 0.25) is 0 Å². The highest BCUT2D eigenvalue weighted by atomic mass is 19.4. The number of methoxy groups -OCH3 is 2. The summed E-state index contributed by atoms with van der Waals surface area (Å²) in [6.45, 7) is 0. The van der Waals surface area contributed by atoms with E-state index in [0.717, 1.165) is 23.9 Å². The molecule has 184 valence electrons. The lowest BCUT2D eigenvalue weighted by Crippen LogP contribution is -2.36. The molecule has 3 aromatic rings. The van der Waals surface area contributed by atoms with E-state index in [1.54, 1.807) is 18.2 Å². The molecule has 2 atom stereocenters. The van der Waals surface area contributed by atoms with Gasteiger partial charge in [0.2, 0.25) is 0 Å². The van der Waals surface area contributed by atoms with Crippen molar-refractivity contribution in [3.8, 4) is 11.5 Å². The lowest BCUT2D eigenvalue weighted by Gasteiger charge is -2.34. The fourth-order valence-electron chi connectivity index (χ4n) is 4.86. The number of nitrogens with one attached hydrogen (secondary N) is 2. The third-order valence-corrected chi connectivity index (χ3v) is 6.65. The van der Waals surface area contributed by atoms with Crippen molar-refractivity contribution in [2.75, 3.05) is 24.9 Å². The van der Waals surface area contributed by atoms with Crippen molar-refractivity contribution < 1.29 is 27.4 Å². The quantitative estimate of drug-likeness (QED) is 0.512. The molecule has 0 radical (unpaired) electrons. The Hall–Kier alpha value is -3.69. The van der Waals surface area contributed by atoms with Crippen molar-refractivity contribution in [2.24, 2.45) is 0 Å². The maximum absolute atomic E-state index is 14.0. The van der Waals surface area contributed by atoms with Gasteiger partial charge in [-0.05, 0) is 60.2 Å². The number of alkyl halides is 3. The van der Waals surface area contributed by atoms with Gasteiger partial charge in [-0.2, -0.15) is 18.3 Å². The molecule has 0 spiro atoms. The molecule has 1 aliphatic heterocycles. The number of nitrogens with zero attached hydrogens (tertiary/aromatic N) is 2. The molecule has 2 heterocycles. The number of hydrogen-bond donors (Lipinski definition) is 2. The number of carbonyl (C=O) groups excluding carboxylic acids is 1. The zero-order chi connectivity index (χ0) is 24.7. The number of aryl methyl sites for hydroxylation is 2. The van der Waals surface area contributed by atoms with E-state index >= 15 is 0 Å². The summed E-state index contributed by atoms with van der Waals surface area (Å²) in [5.41, 5.74) is 3.68. The van der Waals surface area contributed by atoms with Gasteiger partial charge in [-0.1, -0.05) is 12.1 Å². The number of benzene rings is 2. The Balaban J connectivity index is 1.47. The van der Waals surface area contributed by atoms with Crippen molar-refractivity contribution in [3.05, 3.63) is 64.8 Å². The van der Waals surface area contributed by atoms with Crippen LogP contribution in [-0.4, -0.2) is 36.1 Å². The van der Waals surface area contributed by atoms with Crippen LogP contribution >= 0.6 is 0 Å². The molecule has 0 saturated heterocycles. The minimum absolute atomic E-state index is 0.0250. The van der Waals surface area contributed by atoms with Crippen molar-refractivity contribution in [1.29, 1.82) is 0 Å². The van der Waals surface area contributed by atoms with Gasteiger partial charge in [-0.15, -0.1) is 0 Å². The summed E-state index contributed by atoms with van der Waals surface area (Å²) < 4.78 is 53.5. The second-order valence-electron chi connectivity index (χ2n) is 8.75. The Morgan fingerprint density at radius 3 is 2.60 bits per heavy atom. The summed E-state index contributed by atoms with van der Waals surface area (Å²) >= 11 is 0. The molecule has 0 unspecified atom stereocenters. The molecule has 2 aliphatic rings. The molecule has 1 aliphatic carbocycles. The van der Waals surface area contributed by atoms with Gasteiger partial charge in [0.25, 0.3) is 5.91 Å². The van der Waals surface area contributed by atoms with Crippen molar-refractivity contribution >= 4 is 17.4 Å². The van der Waals surface area contributed by atoms with Gasteiger partial charge < -0.3 is 20.1 Å². The topological polar surface area (TPSA) is 77.4 Å². The Morgan fingerprint density at radius 1 is 1.09 bits per heavy atom. The number of amides is 1. The molecule has 35 heavy (non-hydrogen) atoms. The van der Waals surface area contributed by atoms with E-state index in [0.29, 0.717) is 22.7 Å². The average Bonchev–Trinajstić information content (AvgIpc) is 3.48. The molecule has 0 saturated carbocycles. The smallest absolute Gasteiger partial charge is 0.410 e. The van der Waals surface area contributed by atoms with E-state index in [4.69, 9.17) is 9.47 Å². The van der Waals surface area contributed by atoms with Crippen LogP contribution in [-0.2, 0) is 12.8 Å². The molecule has 1 aromatic heterocycles. The van der Waals surface area contributed by atoms with Crippen molar-refractivity contribution in [1.82, 2.24) is 9.78 Å². The van der Waals surface area contributed by atoms with E-state index in [9.17, 15) is 18.0 Å². The number of ether oxygens (including phenoxy) is 2. The maximum Gasteiger partial charge on any atom is 0.410 e. The SMILES string of the molecule is COc1ccc([C@@H]2C[C@H](C(F)(F)F)n3ncc(C(=O)Nc4ccc5c(c4)CCC5)c3N2)cc1OC. The predicted octanol–water partition coefficient (Wildman–Crippen LogP) is 5.30. The lowest BCUT2D eigenvalue weighted by atomic mass is 9.96. The van der Waals surface area contributed by atoms with E-state index in [2.05, 4.69) is 15.7 Å². The second kappa shape index (κ2) is 8.83. The number of anilines is 2. The largest absolute Gasteiger partial charge is 0.493 e. The Labute approximate surface area is 200 Å². The van der Waals surface area contributed by atoms with Crippen LogP contribution < -0.4 is 20.1 Å². The van der Waals surface area contributed by atoms with E-state index in [1.165, 1.54) is 31.5 Å². The molecule has 10 heteroatoms. The minimum Gasteiger partial charge on any atom is -0.493 e. The third-order valence-electron chi connectivity index (χ3n) is 6.65. The zero-order valence-electron chi connectivity index (χ0n) is 19.3. The number of rotatable bonds is 5. The molecule has 2 aromatic carbocycles. The standard InChI is InChI=1S/C25H25F3N4O3/c1-34-20-9-7-16(11-21(20)35-2)19-12-22(25(26,27)28)32-23(31-19)18(13-29-32)24(33)30-17-8-6-14-4-3-5-15(14)10-17/h6-11,13,19,22,31H,3-5,12H2,1-2H3,(H,30,33)/t19-,22+/m0/s1. The van der Waals surface area contributed by atoms with Crippen LogP contribution in [0.3, 0.4) is 0 Å². The van der Waals surface area contributed by atoms with Crippen LogP contribution in [0.25, 0.3) is 0 Å². The van der Waals surface area contributed by atoms with Gasteiger partial charge in [0.05, 0.1) is 26.5 Å². The average molecular weight is 486 g/mol. The van der Waals surface area contributed by atoms with Crippen LogP contribution in [0, 0.1) is 0 Å². The van der Waals surface area contributed by atoms with E-state index < -0.39 is 24.2 Å². The predicted molar refractivity (Wildman–Crippen MR) is 124 cm³/mol. The van der Waals surface area contributed by atoms with Gasteiger partial charge >= 0.3 is 6.18 Å². The maximum atomic E-state index is 14.0. The Morgan fingerprint density at radius 2 is 1.86 bits per heavy atom. The first-order chi connectivity index (χ1) is 16.8. The van der Waals surface area contributed by atoms with Gasteiger partial charge in [-0.25, -0.2) is 4.68 Å². The fourth-order valence-corrected chi connectivity index (χ4v) is 4.86. The molecule has 1 amide bonds. The fraction of sp³-hybridized carbons (Fsp3) is 0.360. The normalized spacial score (nSPS) is 18.9. The molecular weight excluding hydrogens is 461 g/mol.